The van der Waals surface area contributed by atoms with E-state index in [4.69, 9.17) is 4.74 Å². The van der Waals surface area contributed by atoms with Gasteiger partial charge in [0.1, 0.15) is 5.75 Å². The Bertz CT molecular complexity index is 782. The van der Waals surface area contributed by atoms with Crippen molar-refractivity contribution >= 4 is 5.91 Å². The van der Waals surface area contributed by atoms with Crippen LogP contribution in [-0.4, -0.2) is 30.0 Å². The minimum Gasteiger partial charge on any atom is -0.481 e. The molecule has 2 aromatic rings. The van der Waals surface area contributed by atoms with Crippen LogP contribution in [0, 0.1) is 13.8 Å². The van der Waals surface area contributed by atoms with Crippen molar-refractivity contribution in [1.82, 2.24) is 10.2 Å². The second kappa shape index (κ2) is 9.05. The highest BCUT2D eigenvalue weighted by atomic mass is 16.5. The summed E-state index contributed by atoms with van der Waals surface area (Å²) in [6.45, 7) is 9.79. The molecule has 0 radical (unpaired) electrons. The highest BCUT2D eigenvalue weighted by Crippen LogP contribution is 2.18. The number of nitrogens with zero attached hydrogens (tertiary/aromatic N) is 1. The molecule has 0 bridgehead atoms. The molecule has 3 rings (SSSR count). The van der Waals surface area contributed by atoms with Gasteiger partial charge in [-0.05, 0) is 81.1 Å². The van der Waals surface area contributed by atoms with E-state index in [1.165, 1.54) is 37.1 Å². The third kappa shape index (κ3) is 5.57. The van der Waals surface area contributed by atoms with Crippen LogP contribution in [0.25, 0.3) is 0 Å². The topological polar surface area (TPSA) is 41.6 Å². The Morgan fingerprint density at radius 3 is 2.56 bits per heavy atom. The molecule has 0 unspecified atom stereocenters. The Kier molecular flexibility index (Phi) is 6.51. The number of benzene rings is 2. The normalized spacial score (nSPS) is 15.5. The summed E-state index contributed by atoms with van der Waals surface area (Å²) >= 11 is 0. The van der Waals surface area contributed by atoms with Gasteiger partial charge in [0, 0.05) is 13.1 Å². The van der Waals surface area contributed by atoms with Gasteiger partial charge in [-0.15, -0.1) is 0 Å². The molecule has 0 aromatic heterocycles. The molecule has 1 fully saturated rings. The third-order valence-electron chi connectivity index (χ3n) is 5.22. The number of likely N-dealkylation sites (tertiary alicyclic amines) is 1. The Hall–Kier alpha value is -2.33. The van der Waals surface area contributed by atoms with Gasteiger partial charge < -0.3 is 10.1 Å². The molecule has 1 amide bonds. The van der Waals surface area contributed by atoms with Gasteiger partial charge in [0.15, 0.2) is 6.10 Å². The molecule has 144 valence electrons. The molecule has 1 aliphatic rings. The summed E-state index contributed by atoms with van der Waals surface area (Å²) < 4.78 is 5.79. The lowest BCUT2D eigenvalue weighted by Crippen LogP contribution is -2.35. The van der Waals surface area contributed by atoms with Crippen LogP contribution >= 0.6 is 0 Å². The van der Waals surface area contributed by atoms with E-state index in [-0.39, 0.29) is 5.91 Å². The smallest absolute Gasteiger partial charge is 0.261 e. The van der Waals surface area contributed by atoms with Gasteiger partial charge in [0.05, 0.1) is 0 Å². The first-order valence-electron chi connectivity index (χ1n) is 9.83. The Balaban J connectivity index is 1.51. The molecule has 0 spiro atoms. The molecule has 1 heterocycles. The van der Waals surface area contributed by atoms with Crippen LogP contribution in [0.3, 0.4) is 0 Å². The number of rotatable bonds is 7. The molecule has 1 saturated heterocycles. The molecule has 1 aliphatic heterocycles. The zero-order chi connectivity index (χ0) is 19.2. The monoisotopic (exact) mass is 366 g/mol. The molecule has 4 nitrogen and oxygen atoms in total. The van der Waals surface area contributed by atoms with Crippen molar-refractivity contribution in [1.29, 1.82) is 0 Å². The van der Waals surface area contributed by atoms with Crippen LogP contribution in [0.4, 0.5) is 0 Å². The highest BCUT2D eigenvalue weighted by Gasteiger charge is 2.15. The van der Waals surface area contributed by atoms with E-state index >= 15 is 0 Å². The molecular formula is C23H30N2O2. The van der Waals surface area contributed by atoms with Crippen LogP contribution in [0.15, 0.2) is 42.5 Å². The van der Waals surface area contributed by atoms with Crippen molar-refractivity contribution in [2.75, 3.05) is 13.1 Å². The number of hydrogen-bond donors (Lipinski definition) is 1. The minimum absolute atomic E-state index is 0.0989. The maximum absolute atomic E-state index is 12.4. The first-order chi connectivity index (χ1) is 13.0. The molecule has 27 heavy (non-hydrogen) atoms. The maximum atomic E-state index is 12.4. The quantitative estimate of drug-likeness (QED) is 0.806. The molecule has 2 aromatic carbocycles. The number of amides is 1. The zero-order valence-corrected chi connectivity index (χ0v) is 16.6. The largest absolute Gasteiger partial charge is 0.481 e. The number of nitrogens with one attached hydrogen (secondary N) is 1. The van der Waals surface area contributed by atoms with Crippen molar-refractivity contribution in [3.63, 3.8) is 0 Å². The summed E-state index contributed by atoms with van der Waals surface area (Å²) in [7, 11) is 0. The fourth-order valence-corrected chi connectivity index (χ4v) is 3.41. The third-order valence-corrected chi connectivity index (χ3v) is 5.22. The lowest BCUT2D eigenvalue weighted by Gasteiger charge is -2.17. The van der Waals surface area contributed by atoms with Crippen molar-refractivity contribution in [2.24, 2.45) is 0 Å². The van der Waals surface area contributed by atoms with E-state index in [2.05, 4.69) is 41.4 Å². The van der Waals surface area contributed by atoms with Gasteiger partial charge in [-0.2, -0.15) is 0 Å². The first kappa shape index (κ1) is 19.4. The first-order valence-corrected chi connectivity index (χ1v) is 9.83. The van der Waals surface area contributed by atoms with Gasteiger partial charge in [-0.1, -0.05) is 30.3 Å². The second-order valence-corrected chi connectivity index (χ2v) is 7.53. The average Bonchev–Trinajstić information content (AvgIpc) is 3.16. The Morgan fingerprint density at radius 1 is 1.07 bits per heavy atom. The zero-order valence-electron chi connectivity index (χ0n) is 16.6. The van der Waals surface area contributed by atoms with Crippen molar-refractivity contribution in [3.05, 3.63) is 64.7 Å². The van der Waals surface area contributed by atoms with Crippen LogP contribution in [0.1, 0.15) is 42.0 Å². The van der Waals surface area contributed by atoms with Gasteiger partial charge in [0.25, 0.3) is 5.91 Å². The maximum Gasteiger partial charge on any atom is 0.261 e. The summed E-state index contributed by atoms with van der Waals surface area (Å²) in [4.78, 5) is 14.9. The van der Waals surface area contributed by atoms with E-state index in [9.17, 15) is 4.79 Å². The fourth-order valence-electron chi connectivity index (χ4n) is 3.41. The van der Waals surface area contributed by atoms with E-state index in [0.717, 1.165) is 23.4 Å². The molecule has 0 aliphatic carbocycles. The number of carbonyl (C=O) groups is 1. The van der Waals surface area contributed by atoms with E-state index in [1.54, 1.807) is 6.92 Å². The Labute approximate surface area is 162 Å². The summed E-state index contributed by atoms with van der Waals surface area (Å²) in [5.41, 5.74) is 4.81. The summed E-state index contributed by atoms with van der Waals surface area (Å²) in [5.74, 6) is 0.631. The fraction of sp³-hybridized carbons (Fsp3) is 0.435. The summed E-state index contributed by atoms with van der Waals surface area (Å²) in [5, 5.41) is 2.99. The molecule has 1 atom stereocenters. The van der Waals surface area contributed by atoms with Gasteiger partial charge >= 0.3 is 0 Å². The van der Waals surface area contributed by atoms with Crippen LogP contribution in [0.2, 0.25) is 0 Å². The Morgan fingerprint density at radius 2 is 1.81 bits per heavy atom. The highest BCUT2D eigenvalue weighted by molar-refractivity contribution is 5.80. The lowest BCUT2D eigenvalue weighted by atomic mass is 10.1. The van der Waals surface area contributed by atoms with Crippen molar-refractivity contribution in [2.45, 2.75) is 52.8 Å². The number of ether oxygens (including phenoxy) is 1. The number of hydrogen-bond acceptors (Lipinski definition) is 3. The average molecular weight is 367 g/mol. The van der Waals surface area contributed by atoms with Gasteiger partial charge in [0.2, 0.25) is 0 Å². The SMILES string of the molecule is Cc1ccc(O[C@H](C)C(=O)NCc2cccc(CN3CCCC3)c2)cc1C. The summed E-state index contributed by atoms with van der Waals surface area (Å²) in [6.07, 6.45) is 2.07. The minimum atomic E-state index is -0.528. The number of aryl methyl sites for hydroxylation is 2. The standard InChI is InChI=1S/C23H30N2O2/c1-17-9-10-22(13-18(17)2)27-19(3)23(26)24-15-20-7-6-8-21(14-20)16-25-11-4-5-12-25/h6-10,13-14,19H,4-5,11-12,15-16H2,1-3H3,(H,24,26)/t19-/m1/s1. The van der Waals surface area contributed by atoms with E-state index < -0.39 is 6.10 Å². The van der Waals surface area contributed by atoms with E-state index in [1.807, 2.05) is 25.1 Å². The van der Waals surface area contributed by atoms with Gasteiger partial charge in [-0.3, -0.25) is 9.69 Å². The molecular weight excluding hydrogens is 336 g/mol. The van der Waals surface area contributed by atoms with Crippen LogP contribution < -0.4 is 10.1 Å². The molecule has 4 heteroatoms. The van der Waals surface area contributed by atoms with Crippen LogP contribution in [-0.2, 0) is 17.9 Å². The van der Waals surface area contributed by atoms with Crippen molar-refractivity contribution < 1.29 is 9.53 Å². The van der Waals surface area contributed by atoms with E-state index in [0.29, 0.717) is 6.54 Å². The predicted molar refractivity (Wildman–Crippen MR) is 109 cm³/mol. The van der Waals surface area contributed by atoms with Crippen LogP contribution in [0.5, 0.6) is 5.75 Å². The van der Waals surface area contributed by atoms with Crippen molar-refractivity contribution in [3.8, 4) is 5.75 Å². The lowest BCUT2D eigenvalue weighted by molar-refractivity contribution is -0.127. The molecule has 1 N–H and O–H groups in total. The van der Waals surface area contributed by atoms with Gasteiger partial charge in [-0.25, -0.2) is 0 Å². The number of carbonyl (C=O) groups excluding carboxylic acids is 1. The predicted octanol–water partition coefficient (Wildman–Crippen LogP) is 3.98. The summed E-state index contributed by atoms with van der Waals surface area (Å²) in [6, 6.07) is 14.4. The molecule has 0 saturated carbocycles. The second-order valence-electron chi connectivity index (χ2n) is 7.53.